The van der Waals surface area contributed by atoms with E-state index in [1.807, 2.05) is 20.8 Å². The molecule has 0 amide bonds. The Labute approximate surface area is 197 Å². The molecule has 1 N–H and O–H groups in total. The predicted molar refractivity (Wildman–Crippen MR) is 125 cm³/mol. The van der Waals surface area contributed by atoms with Gasteiger partial charge in [0.15, 0.2) is 5.69 Å². The lowest BCUT2D eigenvalue weighted by molar-refractivity contribution is 0.0687. The molecule has 0 atom stereocenters. The number of carboxylic acids is 1. The Hall–Kier alpha value is -2.74. The fourth-order valence-corrected chi connectivity index (χ4v) is 3.71. The summed E-state index contributed by atoms with van der Waals surface area (Å²) in [5.41, 5.74) is 0.829. The van der Waals surface area contributed by atoms with Crippen molar-refractivity contribution in [2.45, 2.75) is 27.3 Å². The number of aromatic nitrogens is 2. The quantitative estimate of drug-likeness (QED) is 0.391. The van der Waals surface area contributed by atoms with Crippen LogP contribution in [0.2, 0.25) is 10.0 Å². The number of halogens is 2. The summed E-state index contributed by atoms with van der Waals surface area (Å²) in [6, 6.07) is 12.0. The van der Waals surface area contributed by atoms with E-state index in [9.17, 15) is 9.90 Å². The molecular weight excluding hydrogens is 453 g/mol. The van der Waals surface area contributed by atoms with E-state index in [-0.39, 0.29) is 11.6 Å². The Balaban J connectivity index is 2.15. The molecule has 1 heterocycles. The maximum atomic E-state index is 12.1. The van der Waals surface area contributed by atoms with Crippen LogP contribution in [-0.4, -0.2) is 45.5 Å². The van der Waals surface area contributed by atoms with E-state index in [1.165, 1.54) is 4.68 Å². The number of nitrogens with zero attached hydrogens (tertiary/aromatic N) is 3. The molecule has 0 radical (unpaired) electrons. The zero-order valence-electron chi connectivity index (χ0n) is 18.1. The van der Waals surface area contributed by atoms with Crippen molar-refractivity contribution in [3.8, 4) is 23.1 Å². The van der Waals surface area contributed by atoms with Gasteiger partial charge in [0.2, 0.25) is 5.88 Å². The Kier molecular flexibility index (Phi) is 8.01. The molecule has 2 aromatic carbocycles. The smallest absolute Gasteiger partial charge is 0.356 e. The lowest BCUT2D eigenvalue weighted by atomic mass is 10.2. The van der Waals surface area contributed by atoms with E-state index in [2.05, 4.69) is 10.00 Å². The first kappa shape index (κ1) is 23.9. The van der Waals surface area contributed by atoms with Crippen LogP contribution in [-0.2, 0) is 6.54 Å². The highest BCUT2D eigenvalue weighted by molar-refractivity contribution is 6.35. The second kappa shape index (κ2) is 10.7. The van der Waals surface area contributed by atoms with E-state index in [1.54, 1.807) is 42.5 Å². The van der Waals surface area contributed by atoms with Crippen molar-refractivity contribution in [3.63, 3.8) is 0 Å². The molecular formula is C23H25Cl2N3O4. The largest absolute Gasteiger partial charge is 0.494 e. The van der Waals surface area contributed by atoms with Crippen LogP contribution >= 0.6 is 23.2 Å². The Morgan fingerprint density at radius 2 is 1.72 bits per heavy atom. The van der Waals surface area contributed by atoms with E-state index in [4.69, 9.17) is 32.7 Å². The molecule has 0 saturated carbocycles. The maximum absolute atomic E-state index is 12.1. The van der Waals surface area contributed by atoms with Gasteiger partial charge in [-0.2, -0.15) is 9.78 Å². The van der Waals surface area contributed by atoms with Crippen molar-refractivity contribution >= 4 is 29.2 Å². The van der Waals surface area contributed by atoms with Gasteiger partial charge in [0, 0.05) is 11.6 Å². The zero-order chi connectivity index (χ0) is 23.3. The first-order valence-electron chi connectivity index (χ1n) is 10.3. The van der Waals surface area contributed by atoms with Gasteiger partial charge >= 0.3 is 5.97 Å². The zero-order valence-corrected chi connectivity index (χ0v) is 19.7. The molecule has 9 heteroatoms. The summed E-state index contributed by atoms with van der Waals surface area (Å²) in [7, 11) is 0. The van der Waals surface area contributed by atoms with Gasteiger partial charge in [-0.05, 0) is 62.5 Å². The minimum atomic E-state index is -1.15. The Bertz CT molecular complexity index is 1080. The van der Waals surface area contributed by atoms with Crippen LogP contribution in [0.5, 0.6) is 17.4 Å². The van der Waals surface area contributed by atoms with E-state index in [0.29, 0.717) is 45.9 Å². The van der Waals surface area contributed by atoms with Crippen LogP contribution in [0.4, 0.5) is 0 Å². The fraction of sp³-hybridized carbons (Fsp3) is 0.304. The molecule has 0 aliphatic carbocycles. The minimum absolute atomic E-state index is 0.0937. The van der Waals surface area contributed by atoms with Crippen molar-refractivity contribution in [2.24, 2.45) is 0 Å². The highest BCUT2D eigenvalue weighted by Gasteiger charge is 2.27. The molecule has 0 fully saturated rings. The van der Waals surface area contributed by atoms with Crippen molar-refractivity contribution < 1.29 is 19.4 Å². The SMILES string of the molecule is CCOc1ccc(Oc2c(CN(CC)CC)c(C(=O)O)nn2-c2ccc(Cl)cc2Cl)cc1. The number of carboxylic acid groups (broad SMARTS) is 1. The Morgan fingerprint density at radius 1 is 1.06 bits per heavy atom. The first-order chi connectivity index (χ1) is 15.4. The molecule has 1 aromatic heterocycles. The van der Waals surface area contributed by atoms with Gasteiger partial charge in [0.1, 0.15) is 11.5 Å². The molecule has 0 aliphatic heterocycles. The maximum Gasteiger partial charge on any atom is 0.356 e. The summed E-state index contributed by atoms with van der Waals surface area (Å²) in [6.45, 7) is 8.32. The molecule has 7 nitrogen and oxygen atoms in total. The third-order valence-electron chi connectivity index (χ3n) is 4.90. The molecule has 170 valence electrons. The normalized spacial score (nSPS) is 11.1. The molecule has 0 saturated heterocycles. The lowest BCUT2D eigenvalue weighted by Gasteiger charge is -2.19. The topological polar surface area (TPSA) is 76.8 Å². The van der Waals surface area contributed by atoms with E-state index >= 15 is 0 Å². The standard InChI is InChI=1S/C23H25Cl2N3O4/c1-4-27(5-2)14-18-21(23(29)30)26-28(20-12-7-15(24)13-19(20)25)22(18)32-17-10-8-16(9-11-17)31-6-3/h7-13H,4-6,14H2,1-3H3,(H,29,30). The van der Waals surface area contributed by atoms with Gasteiger partial charge in [0.25, 0.3) is 0 Å². The summed E-state index contributed by atoms with van der Waals surface area (Å²) in [6.07, 6.45) is 0. The number of ether oxygens (including phenoxy) is 2. The van der Waals surface area contributed by atoms with Crippen molar-refractivity contribution in [3.05, 3.63) is 63.8 Å². The van der Waals surface area contributed by atoms with Crippen LogP contribution in [0.25, 0.3) is 5.69 Å². The van der Waals surface area contributed by atoms with Crippen molar-refractivity contribution in [2.75, 3.05) is 19.7 Å². The molecule has 3 aromatic rings. The van der Waals surface area contributed by atoms with Crippen LogP contribution in [0, 0.1) is 0 Å². The summed E-state index contributed by atoms with van der Waals surface area (Å²) < 4.78 is 13.1. The number of aromatic carboxylic acids is 1. The van der Waals surface area contributed by atoms with E-state index in [0.717, 1.165) is 13.1 Å². The number of benzene rings is 2. The van der Waals surface area contributed by atoms with Crippen LogP contribution in [0.1, 0.15) is 36.8 Å². The highest BCUT2D eigenvalue weighted by atomic mass is 35.5. The molecule has 32 heavy (non-hydrogen) atoms. The fourth-order valence-electron chi connectivity index (χ4n) is 3.22. The third kappa shape index (κ3) is 5.35. The number of rotatable bonds is 10. The summed E-state index contributed by atoms with van der Waals surface area (Å²) in [5, 5.41) is 15.0. The summed E-state index contributed by atoms with van der Waals surface area (Å²) in [4.78, 5) is 14.1. The lowest BCUT2D eigenvalue weighted by Crippen LogP contribution is -2.23. The summed E-state index contributed by atoms with van der Waals surface area (Å²) >= 11 is 12.5. The molecule has 0 aliphatic rings. The van der Waals surface area contributed by atoms with Crippen LogP contribution < -0.4 is 9.47 Å². The highest BCUT2D eigenvalue weighted by Crippen LogP contribution is 2.35. The van der Waals surface area contributed by atoms with Gasteiger partial charge in [0.05, 0.1) is 22.9 Å². The van der Waals surface area contributed by atoms with Crippen LogP contribution in [0.15, 0.2) is 42.5 Å². The first-order valence-corrected chi connectivity index (χ1v) is 11.1. The van der Waals surface area contributed by atoms with Gasteiger partial charge in [-0.25, -0.2) is 4.79 Å². The van der Waals surface area contributed by atoms with Crippen LogP contribution in [0.3, 0.4) is 0 Å². The minimum Gasteiger partial charge on any atom is -0.494 e. The summed E-state index contributed by atoms with van der Waals surface area (Å²) in [5.74, 6) is 0.358. The second-order valence-electron chi connectivity index (χ2n) is 6.91. The average Bonchev–Trinajstić information content (AvgIpc) is 3.11. The molecule has 3 rings (SSSR count). The van der Waals surface area contributed by atoms with Gasteiger partial charge in [-0.3, -0.25) is 4.90 Å². The molecule has 0 bridgehead atoms. The molecule has 0 unspecified atom stereocenters. The van der Waals surface area contributed by atoms with Gasteiger partial charge in [-0.1, -0.05) is 37.0 Å². The average molecular weight is 478 g/mol. The van der Waals surface area contributed by atoms with Gasteiger partial charge in [-0.15, -0.1) is 0 Å². The number of carbonyl (C=O) groups is 1. The van der Waals surface area contributed by atoms with Gasteiger partial charge < -0.3 is 14.6 Å². The number of hydrogen-bond acceptors (Lipinski definition) is 5. The molecule has 0 spiro atoms. The monoisotopic (exact) mass is 477 g/mol. The van der Waals surface area contributed by atoms with Crippen molar-refractivity contribution in [1.29, 1.82) is 0 Å². The number of hydrogen-bond donors (Lipinski definition) is 1. The third-order valence-corrected chi connectivity index (χ3v) is 5.44. The van der Waals surface area contributed by atoms with E-state index < -0.39 is 5.97 Å². The predicted octanol–water partition coefficient (Wildman–Crippen LogP) is 5.91. The Morgan fingerprint density at radius 3 is 2.28 bits per heavy atom. The second-order valence-corrected chi connectivity index (χ2v) is 7.76. The van der Waals surface area contributed by atoms with Crippen molar-refractivity contribution in [1.82, 2.24) is 14.7 Å².